The summed E-state index contributed by atoms with van der Waals surface area (Å²) in [6, 6.07) is 3.20. The van der Waals surface area contributed by atoms with E-state index in [4.69, 9.17) is 4.74 Å². The number of imidazole rings is 1. The minimum absolute atomic E-state index is 0. The van der Waals surface area contributed by atoms with Gasteiger partial charge in [0.25, 0.3) is 5.69 Å². The van der Waals surface area contributed by atoms with Crippen molar-refractivity contribution in [1.29, 1.82) is 0 Å². The van der Waals surface area contributed by atoms with E-state index in [-0.39, 0.29) is 37.4 Å². The van der Waals surface area contributed by atoms with Crippen molar-refractivity contribution in [3.05, 3.63) is 34.1 Å². The number of benzene rings is 1. The maximum atomic E-state index is 11.8. The zero-order chi connectivity index (χ0) is 20.4. The number of nitro groups is 1. The van der Waals surface area contributed by atoms with Crippen LogP contribution in [0.3, 0.4) is 0 Å². The molecule has 0 fully saturated rings. The molecular formula is C17H23LiN4O6. The molecule has 1 aromatic heterocycles. The fraction of sp³-hybridized carbons (Fsp3) is 0.471. The molecule has 0 aliphatic heterocycles. The zero-order valence-electron chi connectivity index (χ0n) is 15.6. The van der Waals surface area contributed by atoms with Crippen LogP contribution in [0.15, 0.2) is 18.2 Å². The number of carbonyl (C=O) groups excluding carboxylic acids is 1. The Balaban J connectivity index is 0.00000392. The number of rotatable bonds is 6. The Labute approximate surface area is 173 Å². The third-order valence-electron chi connectivity index (χ3n) is 3.81. The van der Waals surface area contributed by atoms with E-state index in [1.165, 1.54) is 12.1 Å². The molecule has 1 amide bonds. The van der Waals surface area contributed by atoms with Crippen LogP contribution in [-0.4, -0.2) is 62.1 Å². The number of hydrogen-bond donors (Lipinski definition) is 2. The molecule has 148 valence electrons. The van der Waals surface area contributed by atoms with Crippen LogP contribution < -0.4 is 5.32 Å². The van der Waals surface area contributed by atoms with E-state index < -0.39 is 28.6 Å². The zero-order valence-corrected chi connectivity index (χ0v) is 15.6. The maximum absolute atomic E-state index is 11.8. The third kappa shape index (κ3) is 5.97. The van der Waals surface area contributed by atoms with Crippen molar-refractivity contribution < 1.29 is 24.4 Å². The first-order chi connectivity index (χ1) is 12.5. The first-order valence-corrected chi connectivity index (χ1v) is 8.30. The summed E-state index contributed by atoms with van der Waals surface area (Å²) >= 11 is 0. The Morgan fingerprint density at radius 1 is 1.39 bits per heavy atom. The standard InChI is InChI=1S/C17H22N4O6.Li.H/c1-17(2,3)27-16(24)19-11(15(22)23)6-8-14-18-12-9-10(21(25)26)5-7-13(12)20(14)4;;/h5,7,9,11H,6,8H2,1-4H3,(H,19,24)(H,22,23);;/t11-;;/m0../s1. The van der Waals surface area contributed by atoms with Gasteiger partial charge >= 0.3 is 30.9 Å². The average Bonchev–Trinajstić information content (AvgIpc) is 2.85. The van der Waals surface area contributed by atoms with Crippen molar-refractivity contribution in [1.82, 2.24) is 14.9 Å². The molecular weight excluding hydrogens is 363 g/mol. The predicted molar refractivity (Wildman–Crippen MR) is 104 cm³/mol. The molecule has 2 N–H and O–H groups in total. The Bertz CT molecular complexity index is 890. The molecule has 1 atom stereocenters. The molecule has 11 heteroatoms. The summed E-state index contributed by atoms with van der Waals surface area (Å²) < 4.78 is 6.82. The molecule has 28 heavy (non-hydrogen) atoms. The van der Waals surface area contributed by atoms with Crippen molar-refractivity contribution in [2.24, 2.45) is 7.05 Å². The topological polar surface area (TPSA) is 137 Å². The van der Waals surface area contributed by atoms with Gasteiger partial charge in [0.2, 0.25) is 0 Å². The van der Waals surface area contributed by atoms with E-state index in [0.29, 0.717) is 16.9 Å². The van der Waals surface area contributed by atoms with Crippen molar-refractivity contribution >= 4 is 47.6 Å². The van der Waals surface area contributed by atoms with Crippen molar-refractivity contribution in [3.8, 4) is 0 Å². The molecule has 0 saturated carbocycles. The predicted octanol–water partition coefficient (Wildman–Crippen LogP) is 1.74. The second kappa shape index (κ2) is 9.08. The van der Waals surface area contributed by atoms with Crippen molar-refractivity contribution in [2.75, 3.05) is 0 Å². The van der Waals surface area contributed by atoms with E-state index in [0.717, 1.165) is 0 Å². The number of carboxylic acid groups (broad SMARTS) is 1. The molecule has 2 aromatic rings. The van der Waals surface area contributed by atoms with Crippen LogP contribution in [0.5, 0.6) is 0 Å². The molecule has 0 aliphatic carbocycles. The van der Waals surface area contributed by atoms with E-state index >= 15 is 0 Å². The van der Waals surface area contributed by atoms with Gasteiger partial charge in [-0.05, 0) is 33.3 Å². The van der Waals surface area contributed by atoms with E-state index in [1.807, 2.05) is 0 Å². The summed E-state index contributed by atoms with van der Waals surface area (Å²) in [6.45, 7) is 5.04. The number of ether oxygens (including phenoxy) is 1. The number of non-ortho nitro benzene ring substituents is 1. The van der Waals surface area contributed by atoms with Crippen LogP contribution in [0.2, 0.25) is 0 Å². The summed E-state index contributed by atoms with van der Waals surface area (Å²) in [6.07, 6.45) is -0.463. The molecule has 0 saturated heterocycles. The van der Waals surface area contributed by atoms with Gasteiger partial charge in [0.15, 0.2) is 0 Å². The molecule has 2 rings (SSSR count). The molecule has 1 heterocycles. The van der Waals surface area contributed by atoms with E-state index in [2.05, 4.69) is 10.3 Å². The Kier molecular flexibility index (Phi) is 7.61. The number of aryl methyl sites for hydroxylation is 2. The van der Waals surface area contributed by atoms with Gasteiger partial charge in [-0.1, -0.05) is 0 Å². The van der Waals surface area contributed by atoms with Gasteiger partial charge < -0.3 is 19.7 Å². The quantitative estimate of drug-likeness (QED) is 0.438. The van der Waals surface area contributed by atoms with Crippen LogP contribution in [0.25, 0.3) is 11.0 Å². The van der Waals surface area contributed by atoms with Gasteiger partial charge in [-0.3, -0.25) is 10.1 Å². The SMILES string of the molecule is Cn1c(CC[C@H](NC(=O)OC(C)(C)C)C(=O)O)nc2cc([N+](=O)[O-])ccc21.[LiH]. The number of aliphatic carboxylic acids is 1. The molecule has 0 spiro atoms. The molecule has 1 aromatic carbocycles. The van der Waals surface area contributed by atoms with E-state index in [1.54, 1.807) is 38.5 Å². The summed E-state index contributed by atoms with van der Waals surface area (Å²) in [4.78, 5) is 38.0. The number of aromatic nitrogens is 2. The van der Waals surface area contributed by atoms with Crippen LogP contribution in [-0.2, 0) is 23.0 Å². The summed E-state index contributed by atoms with van der Waals surface area (Å²) in [5, 5.41) is 22.5. The van der Waals surface area contributed by atoms with Gasteiger partial charge in [0.05, 0.1) is 16.0 Å². The number of nitro benzene ring substituents is 1. The van der Waals surface area contributed by atoms with Gasteiger partial charge in [-0.2, -0.15) is 0 Å². The first-order valence-electron chi connectivity index (χ1n) is 8.30. The number of nitrogens with one attached hydrogen (secondary N) is 1. The van der Waals surface area contributed by atoms with Gasteiger partial charge in [0.1, 0.15) is 17.5 Å². The Morgan fingerprint density at radius 2 is 2.04 bits per heavy atom. The number of fused-ring (bicyclic) bond motifs is 1. The summed E-state index contributed by atoms with van der Waals surface area (Å²) in [7, 11) is 1.74. The second-order valence-electron chi connectivity index (χ2n) is 7.09. The monoisotopic (exact) mass is 386 g/mol. The van der Waals surface area contributed by atoms with Crippen LogP contribution in [0.1, 0.15) is 33.0 Å². The van der Waals surface area contributed by atoms with Crippen LogP contribution in [0, 0.1) is 10.1 Å². The summed E-state index contributed by atoms with van der Waals surface area (Å²) in [5.74, 6) is -0.627. The number of alkyl carbamates (subject to hydrolysis) is 1. The summed E-state index contributed by atoms with van der Waals surface area (Å²) in [5.41, 5.74) is 0.345. The average molecular weight is 386 g/mol. The second-order valence-corrected chi connectivity index (χ2v) is 7.09. The fourth-order valence-corrected chi connectivity index (χ4v) is 2.56. The van der Waals surface area contributed by atoms with Crippen LogP contribution in [0.4, 0.5) is 10.5 Å². The molecule has 0 radical (unpaired) electrons. The normalized spacial score (nSPS) is 12.1. The first kappa shape index (κ1) is 23.5. The number of amides is 1. The number of carboxylic acids is 1. The number of carbonyl (C=O) groups is 2. The molecule has 0 unspecified atom stereocenters. The Morgan fingerprint density at radius 3 is 2.57 bits per heavy atom. The molecule has 0 aliphatic rings. The van der Waals surface area contributed by atoms with Gasteiger partial charge in [-0.25, -0.2) is 14.6 Å². The number of hydrogen-bond acceptors (Lipinski definition) is 6. The molecule has 0 bridgehead atoms. The minimum atomic E-state index is -1.18. The van der Waals surface area contributed by atoms with Crippen molar-refractivity contribution in [3.63, 3.8) is 0 Å². The third-order valence-corrected chi connectivity index (χ3v) is 3.81. The molecule has 10 nitrogen and oxygen atoms in total. The van der Waals surface area contributed by atoms with Gasteiger partial charge in [-0.15, -0.1) is 0 Å². The van der Waals surface area contributed by atoms with Crippen LogP contribution >= 0.6 is 0 Å². The van der Waals surface area contributed by atoms with Crippen molar-refractivity contribution in [2.45, 2.75) is 45.3 Å². The van der Waals surface area contributed by atoms with Gasteiger partial charge in [0, 0.05) is 25.6 Å². The number of nitrogens with zero attached hydrogens (tertiary/aromatic N) is 3. The van der Waals surface area contributed by atoms with E-state index in [9.17, 15) is 24.8 Å². The fourth-order valence-electron chi connectivity index (χ4n) is 2.56. The Hall–Kier alpha value is -2.57.